The zero-order chi connectivity index (χ0) is 31.4. The summed E-state index contributed by atoms with van der Waals surface area (Å²) in [4.78, 5) is 51.6. The Labute approximate surface area is 257 Å². The van der Waals surface area contributed by atoms with Gasteiger partial charge in [0.05, 0.1) is 22.5 Å². The van der Waals surface area contributed by atoms with E-state index in [4.69, 9.17) is 0 Å². The fourth-order valence-corrected chi connectivity index (χ4v) is 5.19. The Morgan fingerprint density at radius 2 is 0.932 bits per heavy atom. The van der Waals surface area contributed by atoms with Crippen molar-refractivity contribution in [2.75, 3.05) is 10.6 Å². The lowest BCUT2D eigenvalue weighted by Crippen LogP contribution is -2.23. The molecule has 0 atom stereocenters. The van der Waals surface area contributed by atoms with E-state index in [2.05, 4.69) is 23.8 Å². The molecule has 5 rings (SSSR count). The van der Waals surface area contributed by atoms with Crippen LogP contribution in [0.25, 0.3) is 0 Å². The molecule has 0 aliphatic heterocycles. The maximum Gasteiger partial charge on any atom is 0.196 e. The first-order chi connectivity index (χ1) is 21.1. The van der Waals surface area contributed by atoms with Crippen molar-refractivity contribution < 1.29 is 19.2 Å². The number of hydrogen-bond acceptors (Lipinski definition) is 6. The van der Waals surface area contributed by atoms with Crippen LogP contribution in [0.15, 0.2) is 109 Å². The van der Waals surface area contributed by atoms with Crippen molar-refractivity contribution in [3.63, 3.8) is 0 Å². The molecule has 6 heteroatoms. The van der Waals surface area contributed by atoms with Crippen LogP contribution in [0.4, 0.5) is 22.7 Å². The molecule has 0 radical (unpaired) electrons. The average Bonchev–Trinajstić information content (AvgIpc) is 3.03. The summed E-state index contributed by atoms with van der Waals surface area (Å²) in [6, 6.07) is 25.8. The number of fused-ring (bicyclic) bond motifs is 2. The molecule has 0 bridgehead atoms. The summed E-state index contributed by atoms with van der Waals surface area (Å²) < 4.78 is 0. The molecule has 44 heavy (non-hydrogen) atoms. The predicted molar refractivity (Wildman–Crippen MR) is 175 cm³/mol. The monoisotopic (exact) mass is 582 g/mol. The first kappa shape index (κ1) is 30.1. The highest BCUT2D eigenvalue weighted by Crippen LogP contribution is 2.38. The average molecular weight is 583 g/mol. The number of rotatable bonds is 12. The van der Waals surface area contributed by atoms with Gasteiger partial charge in [0.15, 0.2) is 23.1 Å². The number of nitrogens with one attached hydrogen (secondary N) is 2. The molecule has 4 aromatic carbocycles. The minimum Gasteiger partial charge on any atom is -0.355 e. The Morgan fingerprint density at radius 1 is 0.568 bits per heavy atom. The van der Waals surface area contributed by atoms with E-state index in [-0.39, 0.29) is 23.1 Å². The highest BCUT2D eigenvalue weighted by Gasteiger charge is 2.34. The number of allylic oxidation sites excluding steroid dienone is 2. The van der Waals surface area contributed by atoms with E-state index in [1.807, 2.05) is 48.5 Å². The van der Waals surface area contributed by atoms with E-state index in [0.29, 0.717) is 70.5 Å². The lowest BCUT2D eigenvalue weighted by molar-refractivity contribution is -0.116. The van der Waals surface area contributed by atoms with Crippen LogP contribution in [0.5, 0.6) is 0 Å². The van der Waals surface area contributed by atoms with Gasteiger partial charge in [0.1, 0.15) is 0 Å². The highest BCUT2D eigenvalue weighted by atomic mass is 16.1. The third kappa shape index (κ3) is 6.50. The topological polar surface area (TPSA) is 92.3 Å². The molecule has 0 saturated carbocycles. The van der Waals surface area contributed by atoms with Crippen molar-refractivity contribution in [3.05, 3.63) is 143 Å². The van der Waals surface area contributed by atoms with Crippen molar-refractivity contribution in [1.29, 1.82) is 0 Å². The van der Waals surface area contributed by atoms with Gasteiger partial charge >= 0.3 is 0 Å². The van der Waals surface area contributed by atoms with Crippen molar-refractivity contribution in [2.45, 2.75) is 39.5 Å². The summed E-state index contributed by atoms with van der Waals surface area (Å²) in [6.45, 7) is 10.9. The Kier molecular flexibility index (Phi) is 8.81. The second kappa shape index (κ2) is 12.9. The summed E-state index contributed by atoms with van der Waals surface area (Å²) in [7, 11) is 0. The molecular formula is C38H34N2O4. The van der Waals surface area contributed by atoms with Gasteiger partial charge in [-0.1, -0.05) is 61.7 Å². The van der Waals surface area contributed by atoms with Gasteiger partial charge in [-0.3, -0.25) is 19.2 Å². The number of ketones is 4. The zero-order valence-corrected chi connectivity index (χ0v) is 25.0. The number of carbonyl (C=O) groups excluding carboxylic acids is 4. The molecule has 0 fully saturated rings. The lowest BCUT2D eigenvalue weighted by Gasteiger charge is -2.24. The van der Waals surface area contributed by atoms with E-state index in [0.717, 1.165) is 22.5 Å². The van der Waals surface area contributed by atoms with Crippen LogP contribution < -0.4 is 10.6 Å². The van der Waals surface area contributed by atoms with Gasteiger partial charge < -0.3 is 10.6 Å². The van der Waals surface area contributed by atoms with Crippen molar-refractivity contribution >= 4 is 45.9 Å². The molecule has 0 saturated heterocycles. The van der Waals surface area contributed by atoms with Crippen LogP contribution in [-0.4, -0.2) is 23.1 Å². The van der Waals surface area contributed by atoms with E-state index in [1.165, 1.54) is 0 Å². The minimum absolute atomic E-state index is 0.0435. The molecular weight excluding hydrogens is 548 g/mol. The third-order valence-electron chi connectivity index (χ3n) is 7.78. The molecule has 1 aliphatic rings. The Hall–Kier alpha value is -5.36. The van der Waals surface area contributed by atoms with Gasteiger partial charge in [0.2, 0.25) is 0 Å². The maximum absolute atomic E-state index is 13.9. The number of anilines is 4. The third-order valence-corrected chi connectivity index (χ3v) is 7.78. The smallest absolute Gasteiger partial charge is 0.196 e. The maximum atomic E-state index is 13.9. The normalized spacial score (nSPS) is 11.8. The van der Waals surface area contributed by atoms with E-state index < -0.39 is 0 Å². The Morgan fingerprint density at radius 3 is 1.27 bits per heavy atom. The fourth-order valence-electron chi connectivity index (χ4n) is 5.19. The van der Waals surface area contributed by atoms with Gasteiger partial charge in [-0.15, -0.1) is 0 Å². The summed E-state index contributed by atoms with van der Waals surface area (Å²) in [5.41, 5.74) is 7.06. The SMILES string of the molecule is C=C(C)C(=O)CCc1ccc(Nc2ccc(Nc3ccc(CCC(=O)C(=C)C)cc3)c3c2C(=O)c2ccccc2C3=O)cc1. The summed E-state index contributed by atoms with van der Waals surface area (Å²) in [5, 5.41) is 6.68. The van der Waals surface area contributed by atoms with E-state index in [9.17, 15) is 19.2 Å². The van der Waals surface area contributed by atoms with E-state index in [1.54, 1.807) is 50.2 Å². The molecule has 0 unspecified atom stereocenters. The van der Waals surface area contributed by atoms with Crippen molar-refractivity contribution in [3.8, 4) is 0 Å². The number of hydrogen-bond donors (Lipinski definition) is 2. The quantitative estimate of drug-likeness (QED) is 0.144. The molecule has 0 aromatic heterocycles. The molecule has 0 heterocycles. The summed E-state index contributed by atoms with van der Waals surface area (Å²) >= 11 is 0. The van der Waals surface area contributed by atoms with Crippen LogP contribution in [0, 0.1) is 0 Å². The molecule has 0 amide bonds. The summed E-state index contributed by atoms with van der Waals surface area (Å²) in [5.74, 6) is -0.369. The minimum atomic E-state index is -0.228. The first-order valence-electron chi connectivity index (χ1n) is 14.6. The Bertz CT molecular complexity index is 1680. The first-order valence-corrected chi connectivity index (χ1v) is 14.6. The second-order valence-corrected chi connectivity index (χ2v) is 11.2. The number of benzene rings is 4. The summed E-state index contributed by atoms with van der Waals surface area (Å²) in [6.07, 6.45) is 2.02. The molecule has 1 aliphatic carbocycles. The highest BCUT2D eigenvalue weighted by molar-refractivity contribution is 6.32. The lowest BCUT2D eigenvalue weighted by atomic mass is 9.82. The number of aryl methyl sites for hydroxylation is 2. The van der Waals surface area contributed by atoms with Gasteiger partial charge in [-0.2, -0.15) is 0 Å². The van der Waals surface area contributed by atoms with Crippen LogP contribution >= 0.6 is 0 Å². The van der Waals surface area contributed by atoms with Crippen LogP contribution in [0.2, 0.25) is 0 Å². The van der Waals surface area contributed by atoms with Gasteiger partial charge in [0, 0.05) is 35.3 Å². The number of carbonyl (C=O) groups is 4. The second-order valence-electron chi connectivity index (χ2n) is 11.2. The van der Waals surface area contributed by atoms with E-state index >= 15 is 0 Å². The largest absolute Gasteiger partial charge is 0.355 e. The molecule has 4 aromatic rings. The molecule has 0 spiro atoms. The van der Waals surface area contributed by atoms with Crippen LogP contribution in [0.1, 0.15) is 69.7 Å². The number of Topliss-reactive ketones (excluding diaryl/α,β-unsaturated/α-hetero) is 2. The standard InChI is InChI=1S/C38H34N2O4/c1-23(2)33(41)21-13-25-9-15-27(16-10-25)39-31-19-20-32(36-35(31)37(43)29-7-5-6-8-30(29)38(36)44)40-28-17-11-26(12-18-28)14-22-34(42)24(3)4/h5-12,15-20,39-40H,1,3,13-14,21-22H2,2,4H3. The van der Waals surface area contributed by atoms with Crippen LogP contribution in [0.3, 0.4) is 0 Å². The predicted octanol–water partition coefficient (Wildman–Crippen LogP) is 8.10. The molecule has 220 valence electrons. The van der Waals surface area contributed by atoms with Gasteiger partial charge in [-0.25, -0.2) is 0 Å². The molecule has 6 nitrogen and oxygen atoms in total. The van der Waals surface area contributed by atoms with Gasteiger partial charge in [0.25, 0.3) is 0 Å². The van der Waals surface area contributed by atoms with Crippen molar-refractivity contribution in [2.24, 2.45) is 0 Å². The zero-order valence-electron chi connectivity index (χ0n) is 25.0. The van der Waals surface area contributed by atoms with Gasteiger partial charge in [-0.05, 0) is 85.4 Å². The Balaban J connectivity index is 1.43. The molecule has 2 N–H and O–H groups in total. The fraction of sp³-hybridized carbons (Fsp3) is 0.158. The van der Waals surface area contributed by atoms with Crippen molar-refractivity contribution in [1.82, 2.24) is 0 Å². The van der Waals surface area contributed by atoms with Crippen LogP contribution in [-0.2, 0) is 22.4 Å².